The van der Waals surface area contributed by atoms with Gasteiger partial charge >= 0.3 is 5.69 Å². The molecule has 1 N–H and O–H groups in total. The summed E-state index contributed by atoms with van der Waals surface area (Å²) in [5.74, 6) is -0.330. The van der Waals surface area contributed by atoms with Crippen LogP contribution in [-0.4, -0.2) is 34.3 Å². The fraction of sp³-hybridized carbons (Fsp3) is 0.611. The monoisotopic (exact) mass is 377 g/mol. The van der Waals surface area contributed by atoms with Crippen LogP contribution in [0.15, 0.2) is 9.59 Å². The Balaban J connectivity index is 1.65. The number of hydrogen-bond acceptors (Lipinski definition) is 5. The van der Waals surface area contributed by atoms with Crippen molar-refractivity contribution in [1.82, 2.24) is 14.5 Å². The predicted molar refractivity (Wildman–Crippen MR) is 100.0 cm³/mol. The average molecular weight is 377 g/mol. The van der Waals surface area contributed by atoms with Crippen LogP contribution in [0.4, 0.5) is 0 Å². The van der Waals surface area contributed by atoms with E-state index < -0.39 is 5.69 Å². The van der Waals surface area contributed by atoms with E-state index in [0.717, 1.165) is 60.1 Å². The number of aromatic nitrogens is 2. The van der Waals surface area contributed by atoms with Crippen molar-refractivity contribution in [3.63, 3.8) is 0 Å². The van der Waals surface area contributed by atoms with E-state index in [1.807, 2.05) is 0 Å². The van der Waals surface area contributed by atoms with Crippen LogP contribution >= 0.6 is 11.3 Å². The number of carbonyl (C=O) groups excluding carboxylic acids is 1. The molecule has 1 fully saturated rings. The second-order valence-electron chi connectivity index (χ2n) is 7.06. The lowest BCUT2D eigenvalue weighted by Gasteiger charge is -2.13. The van der Waals surface area contributed by atoms with Crippen molar-refractivity contribution >= 4 is 27.5 Å². The average Bonchev–Trinajstić information content (AvgIpc) is 3.29. The normalized spacial score (nSPS) is 19.7. The molecule has 1 amide bonds. The minimum absolute atomic E-state index is 0.0323. The molecule has 7 nitrogen and oxygen atoms in total. The zero-order chi connectivity index (χ0) is 18.3. The maximum atomic E-state index is 13.0. The van der Waals surface area contributed by atoms with E-state index >= 15 is 0 Å². The van der Waals surface area contributed by atoms with Gasteiger partial charge < -0.3 is 10.1 Å². The molecule has 140 valence electrons. The molecule has 1 aliphatic carbocycles. The van der Waals surface area contributed by atoms with Crippen molar-refractivity contribution in [2.45, 2.75) is 51.2 Å². The Labute approximate surface area is 154 Å². The molecule has 0 radical (unpaired) electrons. The predicted octanol–water partition coefficient (Wildman–Crippen LogP) is 0.936. The third-order valence-electron chi connectivity index (χ3n) is 5.29. The van der Waals surface area contributed by atoms with Crippen LogP contribution in [0.2, 0.25) is 0 Å². The summed E-state index contributed by atoms with van der Waals surface area (Å²) in [5.41, 5.74) is 0.300. The van der Waals surface area contributed by atoms with Gasteiger partial charge in [0.15, 0.2) is 0 Å². The highest BCUT2D eigenvalue weighted by molar-refractivity contribution is 7.18. The maximum Gasteiger partial charge on any atom is 0.332 e. The minimum Gasteiger partial charge on any atom is -0.376 e. The number of ether oxygens (including phenoxy) is 1. The molecule has 1 aliphatic heterocycles. The van der Waals surface area contributed by atoms with Crippen molar-refractivity contribution in [3.8, 4) is 0 Å². The lowest BCUT2D eigenvalue weighted by atomic mass is 9.97. The van der Waals surface area contributed by atoms with Gasteiger partial charge in [-0.3, -0.25) is 18.7 Å². The molecule has 1 atom stereocenters. The molecule has 8 heteroatoms. The van der Waals surface area contributed by atoms with Gasteiger partial charge in [-0.25, -0.2) is 4.79 Å². The second-order valence-corrected chi connectivity index (χ2v) is 8.15. The Bertz CT molecular complexity index is 965. The lowest BCUT2D eigenvalue weighted by molar-refractivity contribution is -0.122. The zero-order valence-electron chi connectivity index (χ0n) is 14.9. The van der Waals surface area contributed by atoms with Gasteiger partial charge in [-0.2, -0.15) is 0 Å². The van der Waals surface area contributed by atoms with Gasteiger partial charge in [0.05, 0.1) is 11.5 Å². The minimum atomic E-state index is -0.437. The van der Waals surface area contributed by atoms with Gasteiger partial charge in [0.25, 0.3) is 5.56 Å². The van der Waals surface area contributed by atoms with Crippen LogP contribution in [-0.2, 0) is 36.0 Å². The van der Waals surface area contributed by atoms with Gasteiger partial charge in [-0.05, 0) is 44.1 Å². The summed E-state index contributed by atoms with van der Waals surface area (Å²) in [4.78, 5) is 39.8. The highest BCUT2D eigenvalue weighted by atomic mass is 32.1. The third kappa shape index (κ3) is 3.01. The summed E-state index contributed by atoms with van der Waals surface area (Å²) in [6.45, 7) is 0.892. The number of nitrogens with one attached hydrogen (secondary N) is 1. The molecule has 0 bridgehead atoms. The summed E-state index contributed by atoms with van der Waals surface area (Å²) in [6.07, 6.45) is 5.97. The fourth-order valence-corrected chi connectivity index (χ4v) is 5.20. The maximum absolute atomic E-state index is 13.0. The summed E-state index contributed by atoms with van der Waals surface area (Å²) >= 11 is 1.54. The van der Waals surface area contributed by atoms with E-state index in [1.54, 1.807) is 18.4 Å². The van der Waals surface area contributed by atoms with Crippen molar-refractivity contribution in [2.75, 3.05) is 13.2 Å². The van der Waals surface area contributed by atoms with Crippen LogP contribution in [0.25, 0.3) is 10.2 Å². The Morgan fingerprint density at radius 2 is 2.08 bits per heavy atom. The van der Waals surface area contributed by atoms with E-state index in [2.05, 4.69) is 5.32 Å². The van der Waals surface area contributed by atoms with Crippen LogP contribution < -0.4 is 16.6 Å². The second kappa shape index (κ2) is 7.00. The number of aryl methyl sites for hydroxylation is 3. The van der Waals surface area contributed by atoms with Gasteiger partial charge in [-0.1, -0.05) is 0 Å². The number of hydrogen-bond donors (Lipinski definition) is 1. The largest absolute Gasteiger partial charge is 0.376 e. The summed E-state index contributed by atoms with van der Waals surface area (Å²) < 4.78 is 8.05. The number of nitrogens with zero attached hydrogens (tertiary/aromatic N) is 2. The molecule has 2 aromatic heterocycles. The van der Waals surface area contributed by atoms with E-state index in [-0.39, 0.29) is 24.1 Å². The number of thiophene rings is 1. The van der Waals surface area contributed by atoms with Crippen LogP contribution in [0.3, 0.4) is 0 Å². The molecule has 0 unspecified atom stereocenters. The number of fused-ring (bicyclic) bond motifs is 3. The Kier molecular flexibility index (Phi) is 4.71. The first kappa shape index (κ1) is 17.5. The van der Waals surface area contributed by atoms with E-state index in [1.165, 1.54) is 9.44 Å². The molecule has 4 rings (SSSR count). The van der Waals surface area contributed by atoms with Gasteiger partial charge in [0.1, 0.15) is 11.4 Å². The van der Waals surface area contributed by atoms with Gasteiger partial charge in [0.2, 0.25) is 5.91 Å². The number of rotatable bonds is 4. The van der Waals surface area contributed by atoms with Crippen molar-refractivity contribution in [1.29, 1.82) is 0 Å². The molecule has 2 aliphatic rings. The molecular weight excluding hydrogens is 354 g/mol. The molecule has 0 saturated carbocycles. The van der Waals surface area contributed by atoms with E-state index in [0.29, 0.717) is 11.9 Å². The standard InChI is InChI=1S/C18H23N3O4S/c1-20-17-15(12-6-2-3-7-13(12)26-17)16(23)21(18(20)24)10-14(22)19-9-11-5-4-8-25-11/h11H,2-10H2,1H3,(H,19,22)/t11-/m0/s1. The SMILES string of the molecule is Cn1c(=O)n(CC(=O)NC[C@@H]2CCCO2)c(=O)c2c3c(sc21)CCCC3. The summed E-state index contributed by atoms with van der Waals surface area (Å²) in [7, 11) is 1.67. The van der Waals surface area contributed by atoms with E-state index in [9.17, 15) is 14.4 Å². The first-order valence-electron chi connectivity index (χ1n) is 9.18. The molecular formula is C18H23N3O4S. The van der Waals surface area contributed by atoms with Crippen LogP contribution in [0.5, 0.6) is 0 Å². The lowest BCUT2D eigenvalue weighted by Crippen LogP contribution is -2.44. The van der Waals surface area contributed by atoms with Gasteiger partial charge in [-0.15, -0.1) is 11.3 Å². The van der Waals surface area contributed by atoms with Crippen molar-refractivity contribution in [3.05, 3.63) is 31.3 Å². The smallest absolute Gasteiger partial charge is 0.332 e. The van der Waals surface area contributed by atoms with E-state index in [4.69, 9.17) is 4.74 Å². The molecule has 0 spiro atoms. The Morgan fingerprint density at radius 3 is 2.85 bits per heavy atom. The molecule has 0 aromatic carbocycles. The van der Waals surface area contributed by atoms with Crippen molar-refractivity contribution in [2.24, 2.45) is 7.05 Å². The third-order valence-corrected chi connectivity index (χ3v) is 6.66. The number of amides is 1. The molecule has 2 aromatic rings. The zero-order valence-corrected chi connectivity index (χ0v) is 15.7. The molecule has 1 saturated heterocycles. The first-order chi connectivity index (χ1) is 12.6. The summed E-state index contributed by atoms with van der Waals surface area (Å²) in [6, 6.07) is 0. The van der Waals surface area contributed by atoms with Gasteiger partial charge in [0, 0.05) is 25.1 Å². The first-order valence-corrected chi connectivity index (χ1v) is 10.0. The van der Waals surface area contributed by atoms with Crippen LogP contribution in [0.1, 0.15) is 36.1 Å². The van der Waals surface area contributed by atoms with Crippen molar-refractivity contribution < 1.29 is 9.53 Å². The summed E-state index contributed by atoms with van der Waals surface area (Å²) in [5, 5.41) is 3.41. The topological polar surface area (TPSA) is 82.3 Å². The fourth-order valence-electron chi connectivity index (χ4n) is 3.87. The quantitative estimate of drug-likeness (QED) is 0.860. The van der Waals surface area contributed by atoms with Crippen LogP contribution in [0, 0.1) is 0 Å². The highest BCUT2D eigenvalue weighted by Crippen LogP contribution is 2.33. The number of carbonyl (C=O) groups is 1. The Morgan fingerprint density at radius 1 is 1.27 bits per heavy atom. The molecule has 26 heavy (non-hydrogen) atoms. The molecule has 3 heterocycles. The highest BCUT2D eigenvalue weighted by Gasteiger charge is 2.23. The Hall–Kier alpha value is -1.93.